The van der Waals surface area contributed by atoms with Gasteiger partial charge in [-0.05, 0) is 30.3 Å². The summed E-state index contributed by atoms with van der Waals surface area (Å²) >= 11 is 0. The quantitative estimate of drug-likeness (QED) is 0.916. The van der Waals surface area contributed by atoms with E-state index >= 15 is 0 Å². The van der Waals surface area contributed by atoms with E-state index in [4.69, 9.17) is 9.47 Å². The summed E-state index contributed by atoms with van der Waals surface area (Å²) in [6.07, 6.45) is 0. The van der Waals surface area contributed by atoms with Crippen LogP contribution in [0.3, 0.4) is 0 Å². The van der Waals surface area contributed by atoms with Crippen LogP contribution in [0.15, 0.2) is 48.5 Å². The summed E-state index contributed by atoms with van der Waals surface area (Å²) in [5.74, 6) is 1.06. The Morgan fingerprint density at radius 3 is 2.79 bits per heavy atom. The SMILES string of the molecule is CC(=O)Nc1ccc2c(c1)N(CCOc1ccccc1)C(=O)CO2. The Bertz CT molecular complexity index is 746. The molecule has 1 aliphatic heterocycles. The number of fused-ring (bicyclic) bond motifs is 1. The van der Waals surface area contributed by atoms with E-state index in [1.807, 2.05) is 30.3 Å². The van der Waals surface area contributed by atoms with E-state index in [0.29, 0.717) is 30.3 Å². The Kier molecular flexibility index (Phi) is 4.65. The monoisotopic (exact) mass is 326 g/mol. The van der Waals surface area contributed by atoms with Crippen molar-refractivity contribution >= 4 is 23.2 Å². The summed E-state index contributed by atoms with van der Waals surface area (Å²) in [7, 11) is 0. The molecule has 6 nitrogen and oxygen atoms in total. The summed E-state index contributed by atoms with van der Waals surface area (Å²) in [6, 6.07) is 14.7. The molecular formula is C18H18N2O4. The number of carbonyl (C=O) groups excluding carboxylic acids is 2. The van der Waals surface area contributed by atoms with E-state index in [9.17, 15) is 9.59 Å². The van der Waals surface area contributed by atoms with Crippen LogP contribution in [0.4, 0.5) is 11.4 Å². The number of ether oxygens (including phenoxy) is 2. The van der Waals surface area contributed by atoms with Crippen LogP contribution < -0.4 is 19.7 Å². The second-order valence-corrected chi connectivity index (χ2v) is 5.36. The fourth-order valence-corrected chi connectivity index (χ4v) is 2.50. The van der Waals surface area contributed by atoms with Crippen molar-refractivity contribution < 1.29 is 19.1 Å². The van der Waals surface area contributed by atoms with Gasteiger partial charge in [-0.2, -0.15) is 0 Å². The lowest BCUT2D eigenvalue weighted by Gasteiger charge is -2.29. The predicted molar refractivity (Wildman–Crippen MR) is 90.5 cm³/mol. The van der Waals surface area contributed by atoms with Crippen molar-refractivity contribution in [3.05, 3.63) is 48.5 Å². The van der Waals surface area contributed by atoms with Crippen molar-refractivity contribution in [2.75, 3.05) is 30.0 Å². The smallest absolute Gasteiger partial charge is 0.265 e. The van der Waals surface area contributed by atoms with Gasteiger partial charge in [-0.15, -0.1) is 0 Å². The third-order valence-corrected chi connectivity index (χ3v) is 3.55. The molecule has 1 aliphatic rings. The zero-order valence-corrected chi connectivity index (χ0v) is 13.3. The van der Waals surface area contributed by atoms with Crippen LogP contribution in [-0.4, -0.2) is 31.6 Å². The molecule has 0 aromatic heterocycles. The Morgan fingerprint density at radius 1 is 1.25 bits per heavy atom. The Balaban J connectivity index is 1.73. The minimum Gasteiger partial charge on any atom is -0.492 e. The molecule has 1 N–H and O–H groups in total. The first kappa shape index (κ1) is 15.9. The molecule has 0 fully saturated rings. The van der Waals surface area contributed by atoms with Gasteiger partial charge in [0, 0.05) is 12.6 Å². The largest absolute Gasteiger partial charge is 0.492 e. The van der Waals surface area contributed by atoms with Gasteiger partial charge in [0.15, 0.2) is 6.61 Å². The van der Waals surface area contributed by atoms with Gasteiger partial charge in [0.1, 0.15) is 18.1 Å². The topological polar surface area (TPSA) is 67.9 Å². The summed E-state index contributed by atoms with van der Waals surface area (Å²) in [6.45, 7) is 2.19. The molecule has 1 heterocycles. The molecule has 0 atom stereocenters. The van der Waals surface area contributed by atoms with Crippen molar-refractivity contribution in [1.29, 1.82) is 0 Å². The number of carbonyl (C=O) groups is 2. The normalized spacial score (nSPS) is 13.0. The summed E-state index contributed by atoms with van der Waals surface area (Å²) in [5.41, 5.74) is 1.25. The van der Waals surface area contributed by atoms with Crippen LogP contribution >= 0.6 is 0 Å². The van der Waals surface area contributed by atoms with Gasteiger partial charge in [-0.25, -0.2) is 0 Å². The third-order valence-electron chi connectivity index (χ3n) is 3.55. The minimum absolute atomic E-state index is 0.00216. The molecule has 0 saturated carbocycles. The first-order chi connectivity index (χ1) is 11.6. The average molecular weight is 326 g/mol. The first-order valence-electron chi connectivity index (χ1n) is 7.66. The van der Waals surface area contributed by atoms with Crippen molar-refractivity contribution in [1.82, 2.24) is 0 Å². The van der Waals surface area contributed by atoms with Gasteiger partial charge in [-0.1, -0.05) is 18.2 Å². The van der Waals surface area contributed by atoms with Crippen LogP contribution in [-0.2, 0) is 9.59 Å². The number of anilines is 2. The number of hydrogen-bond acceptors (Lipinski definition) is 4. The van der Waals surface area contributed by atoms with Crippen molar-refractivity contribution in [2.45, 2.75) is 6.92 Å². The van der Waals surface area contributed by atoms with Gasteiger partial charge in [0.25, 0.3) is 5.91 Å². The molecular weight excluding hydrogens is 308 g/mol. The van der Waals surface area contributed by atoms with E-state index < -0.39 is 0 Å². The van der Waals surface area contributed by atoms with Crippen LogP contribution in [0.1, 0.15) is 6.92 Å². The minimum atomic E-state index is -0.169. The second-order valence-electron chi connectivity index (χ2n) is 5.36. The molecule has 0 bridgehead atoms. The lowest BCUT2D eigenvalue weighted by molar-refractivity contribution is -0.121. The van der Waals surface area contributed by atoms with E-state index in [1.54, 1.807) is 23.1 Å². The highest BCUT2D eigenvalue weighted by atomic mass is 16.5. The maximum atomic E-state index is 12.2. The fraction of sp³-hybridized carbons (Fsp3) is 0.222. The molecule has 0 spiro atoms. The van der Waals surface area contributed by atoms with Gasteiger partial charge in [0.05, 0.1) is 12.2 Å². The summed E-state index contributed by atoms with van der Waals surface area (Å²) in [4.78, 5) is 25.0. The summed E-state index contributed by atoms with van der Waals surface area (Å²) < 4.78 is 11.1. The number of amides is 2. The molecule has 2 aromatic rings. The highest BCUT2D eigenvalue weighted by Gasteiger charge is 2.25. The van der Waals surface area contributed by atoms with E-state index in [-0.39, 0.29) is 18.4 Å². The fourth-order valence-electron chi connectivity index (χ4n) is 2.50. The number of para-hydroxylation sites is 1. The zero-order chi connectivity index (χ0) is 16.9. The first-order valence-corrected chi connectivity index (χ1v) is 7.66. The van der Waals surface area contributed by atoms with Crippen LogP contribution in [0, 0.1) is 0 Å². The number of nitrogens with one attached hydrogen (secondary N) is 1. The molecule has 6 heteroatoms. The molecule has 3 rings (SSSR count). The number of hydrogen-bond donors (Lipinski definition) is 1. The molecule has 0 radical (unpaired) electrons. The van der Waals surface area contributed by atoms with E-state index in [1.165, 1.54) is 6.92 Å². The van der Waals surface area contributed by atoms with Gasteiger partial charge in [0.2, 0.25) is 5.91 Å². The zero-order valence-electron chi connectivity index (χ0n) is 13.3. The number of benzene rings is 2. The maximum Gasteiger partial charge on any atom is 0.265 e. The average Bonchev–Trinajstić information content (AvgIpc) is 2.57. The van der Waals surface area contributed by atoms with Gasteiger partial charge < -0.3 is 19.7 Å². The summed E-state index contributed by atoms with van der Waals surface area (Å²) in [5, 5.41) is 2.71. The molecule has 2 amide bonds. The number of rotatable bonds is 5. The Hall–Kier alpha value is -3.02. The Morgan fingerprint density at radius 2 is 2.04 bits per heavy atom. The lowest BCUT2D eigenvalue weighted by atomic mass is 10.2. The van der Waals surface area contributed by atoms with E-state index in [0.717, 1.165) is 5.75 Å². The predicted octanol–water partition coefficient (Wildman–Crippen LogP) is 2.45. The van der Waals surface area contributed by atoms with E-state index in [2.05, 4.69) is 5.32 Å². The second kappa shape index (κ2) is 7.04. The van der Waals surface area contributed by atoms with Crippen LogP contribution in [0.25, 0.3) is 0 Å². The molecule has 0 aliphatic carbocycles. The molecule has 24 heavy (non-hydrogen) atoms. The highest BCUT2D eigenvalue weighted by Crippen LogP contribution is 2.34. The van der Waals surface area contributed by atoms with Crippen molar-refractivity contribution in [3.8, 4) is 11.5 Å². The lowest BCUT2D eigenvalue weighted by Crippen LogP contribution is -2.41. The van der Waals surface area contributed by atoms with Crippen molar-refractivity contribution in [3.63, 3.8) is 0 Å². The third kappa shape index (κ3) is 3.65. The maximum absolute atomic E-state index is 12.2. The van der Waals surface area contributed by atoms with Crippen LogP contribution in [0.5, 0.6) is 11.5 Å². The Labute approximate surface area is 140 Å². The van der Waals surface area contributed by atoms with Crippen molar-refractivity contribution in [2.24, 2.45) is 0 Å². The molecule has 2 aromatic carbocycles. The van der Waals surface area contributed by atoms with Gasteiger partial charge in [-0.3, -0.25) is 9.59 Å². The molecule has 0 unspecified atom stereocenters. The highest BCUT2D eigenvalue weighted by molar-refractivity contribution is 5.99. The molecule has 0 saturated heterocycles. The standard InChI is InChI=1S/C18H18N2O4/c1-13(21)19-14-7-8-17-16(11-14)20(18(22)12-24-17)9-10-23-15-5-3-2-4-6-15/h2-8,11H,9-10,12H2,1H3,(H,19,21). The van der Waals surface area contributed by atoms with Gasteiger partial charge >= 0.3 is 0 Å². The number of nitrogens with zero attached hydrogens (tertiary/aromatic N) is 1. The molecule has 124 valence electrons. The van der Waals surface area contributed by atoms with Crippen LogP contribution in [0.2, 0.25) is 0 Å².